The number of nitrogens with one attached hydrogen (secondary N) is 1. The van der Waals surface area contributed by atoms with Crippen LogP contribution >= 0.6 is 11.6 Å². The van der Waals surface area contributed by atoms with E-state index in [1.807, 2.05) is 0 Å². The van der Waals surface area contributed by atoms with Crippen LogP contribution in [0.5, 0.6) is 0 Å². The number of carboxylic acid groups (broad SMARTS) is 1. The second-order valence-corrected chi connectivity index (χ2v) is 4.35. The molecule has 2 aromatic rings. The van der Waals surface area contributed by atoms with Gasteiger partial charge in [-0.1, -0.05) is 29.8 Å². The normalized spacial score (nSPS) is 10.2. The first-order chi connectivity index (χ1) is 9.08. The highest BCUT2D eigenvalue weighted by molar-refractivity contribution is 6.33. The summed E-state index contributed by atoms with van der Waals surface area (Å²) in [6, 6.07) is 10.8. The van der Waals surface area contributed by atoms with Crippen LogP contribution in [0, 0.1) is 5.82 Å². The molecule has 0 atom stereocenters. The maximum Gasteiger partial charge on any atom is 0.335 e. The van der Waals surface area contributed by atoms with Crippen LogP contribution in [0.3, 0.4) is 0 Å². The lowest BCUT2D eigenvalue weighted by Crippen LogP contribution is -2.03. The van der Waals surface area contributed by atoms with Crippen LogP contribution in [0.2, 0.25) is 5.02 Å². The zero-order valence-corrected chi connectivity index (χ0v) is 10.6. The fraction of sp³-hybridized carbons (Fsp3) is 0.0714. The van der Waals surface area contributed by atoms with Gasteiger partial charge in [-0.3, -0.25) is 0 Å². The molecule has 0 spiro atoms. The summed E-state index contributed by atoms with van der Waals surface area (Å²) in [6.45, 7) is 0.277. The topological polar surface area (TPSA) is 49.3 Å². The number of hydrogen-bond donors (Lipinski definition) is 2. The molecule has 0 aliphatic rings. The van der Waals surface area contributed by atoms with Crippen LogP contribution in [0.1, 0.15) is 15.9 Å². The number of carbonyl (C=O) groups is 1. The highest BCUT2D eigenvalue weighted by atomic mass is 35.5. The molecular weight excluding hydrogens is 269 g/mol. The van der Waals surface area contributed by atoms with Gasteiger partial charge in [0.25, 0.3) is 0 Å². The molecule has 0 saturated heterocycles. The van der Waals surface area contributed by atoms with E-state index < -0.39 is 5.97 Å². The third-order valence-corrected chi connectivity index (χ3v) is 2.96. The minimum absolute atomic E-state index is 0.112. The highest BCUT2D eigenvalue weighted by Gasteiger charge is 2.07. The van der Waals surface area contributed by atoms with Gasteiger partial charge < -0.3 is 10.4 Å². The maximum atomic E-state index is 13.4. The molecule has 3 nitrogen and oxygen atoms in total. The monoisotopic (exact) mass is 279 g/mol. The smallest absolute Gasteiger partial charge is 0.335 e. The standard InChI is InChI=1S/C14H11ClFNO2/c15-11-7-9(14(18)19)5-6-13(11)17-8-10-3-1-2-4-12(10)16/h1-7,17H,8H2,(H,18,19). The summed E-state index contributed by atoms with van der Waals surface area (Å²) in [5.41, 5.74) is 1.19. The predicted octanol–water partition coefficient (Wildman–Crippen LogP) is 3.79. The molecule has 19 heavy (non-hydrogen) atoms. The summed E-state index contributed by atoms with van der Waals surface area (Å²) in [5.74, 6) is -1.34. The van der Waals surface area contributed by atoms with E-state index in [1.54, 1.807) is 24.3 Å². The first kappa shape index (κ1) is 13.4. The van der Waals surface area contributed by atoms with Crippen molar-refractivity contribution in [2.75, 3.05) is 5.32 Å². The van der Waals surface area contributed by atoms with Crippen LogP contribution in [-0.2, 0) is 6.54 Å². The van der Waals surface area contributed by atoms with Crippen LogP contribution in [0.4, 0.5) is 10.1 Å². The number of halogens is 2. The fourth-order valence-electron chi connectivity index (χ4n) is 1.62. The third kappa shape index (κ3) is 3.23. The van der Waals surface area contributed by atoms with Crippen molar-refractivity contribution in [3.63, 3.8) is 0 Å². The predicted molar refractivity (Wildman–Crippen MR) is 72.1 cm³/mol. The molecule has 2 aromatic carbocycles. The number of anilines is 1. The van der Waals surface area contributed by atoms with E-state index >= 15 is 0 Å². The Balaban J connectivity index is 2.12. The summed E-state index contributed by atoms with van der Waals surface area (Å²) < 4.78 is 13.4. The van der Waals surface area contributed by atoms with Gasteiger partial charge in [0.15, 0.2) is 0 Å². The molecule has 0 fully saturated rings. The number of hydrogen-bond acceptors (Lipinski definition) is 2. The first-order valence-electron chi connectivity index (χ1n) is 5.58. The molecule has 2 N–H and O–H groups in total. The molecule has 0 aliphatic carbocycles. The highest BCUT2D eigenvalue weighted by Crippen LogP contribution is 2.24. The Morgan fingerprint density at radius 3 is 2.63 bits per heavy atom. The summed E-state index contributed by atoms with van der Waals surface area (Å²) in [5, 5.41) is 12.1. The second-order valence-electron chi connectivity index (χ2n) is 3.94. The van der Waals surface area contributed by atoms with Gasteiger partial charge >= 0.3 is 5.97 Å². The van der Waals surface area contributed by atoms with Crippen molar-refractivity contribution < 1.29 is 14.3 Å². The van der Waals surface area contributed by atoms with Crippen molar-refractivity contribution in [1.82, 2.24) is 0 Å². The van der Waals surface area contributed by atoms with Crippen LogP contribution in [-0.4, -0.2) is 11.1 Å². The molecule has 0 heterocycles. The molecular formula is C14H11ClFNO2. The number of rotatable bonds is 4. The fourth-order valence-corrected chi connectivity index (χ4v) is 1.87. The average Bonchev–Trinajstić information content (AvgIpc) is 2.39. The lowest BCUT2D eigenvalue weighted by Gasteiger charge is -2.09. The minimum atomic E-state index is -1.04. The Hall–Kier alpha value is -2.07. The van der Waals surface area contributed by atoms with E-state index in [-0.39, 0.29) is 22.9 Å². The van der Waals surface area contributed by atoms with Crippen molar-refractivity contribution >= 4 is 23.3 Å². The van der Waals surface area contributed by atoms with Crippen LogP contribution in [0.15, 0.2) is 42.5 Å². The number of benzene rings is 2. The molecule has 2 rings (SSSR count). The van der Waals surface area contributed by atoms with Crippen molar-refractivity contribution in [3.8, 4) is 0 Å². The van der Waals surface area contributed by atoms with E-state index in [4.69, 9.17) is 16.7 Å². The Morgan fingerprint density at radius 2 is 2.00 bits per heavy atom. The van der Waals surface area contributed by atoms with Gasteiger partial charge in [-0.25, -0.2) is 9.18 Å². The summed E-state index contributed by atoms with van der Waals surface area (Å²) in [7, 11) is 0. The Bertz CT molecular complexity index is 616. The van der Waals surface area contributed by atoms with E-state index in [1.165, 1.54) is 18.2 Å². The molecule has 0 unspecified atom stereocenters. The molecule has 5 heteroatoms. The van der Waals surface area contributed by atoms with E-state index in [0.29, 0.717) is 11.3 Å². The molecule has 0 amide bonds. The molecule has 0 saturated carbocycles. The number of aromatic carboxylic acids is 1. The third-order valence-electron chi connectivity index (χ3n) is 2.64. The molecule has 0 aliphatic heterocycles. The molecule has 0 bridgehead atoms. The van der Waals surface area contributed by atoms with Crippen LogP contribution < -0.4 is 5.32 Å². The van der Waals surface area contributed by atoms with E-state index in [2.05, 4.69) is 5.32 Å². The van der Waals surface area contributed by atoms with Gasteiger partial charge in [0.2, 0.25) is 0 Å². The van der Waals surface area contributed by atoms with Gasteiger partial charge in [-0.05, 0) is 24.3 Å². The number of carboxylic acids is 1. The molecule has 98 valence electrons. The van der Waals surface area contributed by atoms with E-state index in [0.717, 1.165) is 0 Å². The zero-order chi connectivity index (χ0) is 13.8. The molecule has 0 aromatic heterocycles. The Kier molecular flexibility index (Phi) is 4.02. The Labute approximate surface area is 114 Å². The zero-order valence-electron chi connectivity index (χ0n) is 9.86. The van der Waals surface area contributed by atoms with E-state index in [9.17, 15) is 9.18 Å². The lowest BCUT2D eigenvalue weighted by molar-refractivity contribution is 0.0697. The minimum Gasteiger partial charge on any atom is -0.478 e. The summed E-state index contributed by atoms with van der Waals surface area (Å²) >= 11 is 5.96. The second kappa shape index (κ2) is 5.71. The Morgan fingerprint density at radius 1 is 1.26 bits per heavy atom. The summed E-state index contributed by atoms with van der Waals surface area (Å²) in [6.07, 6.45) is 0. The maximum absolute atomic E-state index is 13.4. The van der Waals surface area contributed by atoms with Crippen LogP contribution in [0.25, 0.3) is 0 Å². The lowest BCUT2D eigenvalue weighted by atomic mass is 10.2. The first-order valence-corrected chi connectivity index (χ1v) is 5.96. The van der Waals surface area contributed by atoms with Gasteiger partial charge in [0.1, 0.15) is 5.82 Å². The SMILES string of the molecule is O=C(O)c1ccc(NCc2ccccc2F)c(Cl)c1. The van der Waals surface area contributed by atoms with Crippen molar-refractivity contribution in [1.29, 1.82) is 0 Å². The van der Waals surface area contributed by atoms with Gasteiger partial charge in [0.05, 0.1) is 16.3 Å². The van der Waals surface area contributed by atoms with Gasteiger partial charge in [0, 0.05) is 12.1 Å². The molecule has 0 radical (unpaired) electrons. The summed E-state index contributed by atoms with van der Waals surface area (Å²) in [4.78, 5) is 10.8. The van der Waals surface area contributed by atoms with Gasteiger partial charge in [-0.2, -0.15) is 0 Å². The quantitative estimate of drug-likeness (QED) is 0.895. The van der Waals surface area contributed by atoms with Crippen molar-refractivity contribution in [3.05, 3.63) is 64.4 Å². The van der Waals surface area contributed by atoms with Crippen molar-refractivity contribution in [2.45, 2.75) is 6.54 Å². The average molecular weight is 280 g/mol. The largest absolute Gasteiger partial charge is 0.478 e. The van der Waals surface area contributed by atoms with Gasteiger partial charge in [-0.15, -0.1) is 0 Å². The van der Waals surface area contributed by atoms with Crippen molar-refractivity contribution in [2.24, 2.45) is 0 Å².